The molecule has 0 saturated carbocycles. The van der Waals surface area contributed by atoms with E-state index in [9.17, 15) is 9.90 Å². The van der Waals surface area contributed by atoms with Gasteiger partial charge in [-0.25, -0.2) is 0 Å². The highest BCUT2D eigenvalue weighted by atomic mass is 16.3. The van der Waals surface area contributed by atoms with Crippen molar-refractivity contribution in [1.29, 1.82) is 0 Å². The van der Waals surface area contributed by atoms with Gasteiger partial charge >= 0.3 is 0 Å². The van der Waals surface area contributed by atoms with Gasteiger partial charge in [-0.3, -0.25) is 4.79 Å². The van der Waals surface area contributed by atoms with E-state index in [0.29, 0.717) is 5.69 Å². The van der Waals surface area contributed by atoms with Gasteiger partial charge in [-0.15, -0.1) is 0 Å². The molecule has 0 aliphatic heterocycles. The lowest BCUT2D eigenvalue weighted by atomic mass is 10.2. The number of hydrogen-bond acceptors (Lipinski definition) is 4. The maximum atomic E-state index is 11.7. The number of aromatic hydroxyl groups is 1. The Morgan fingerprint density at radius 2 is 1.84 bits per heavy atom. The van der Waals surface area contributed by atoms with Crippen molar-refractivity contribution in [3.8, 4) is 5.75 Å². The van der Waals surface area contributed by atoms with Crippen LogP contribution in [0.5, 0.6) is 5.75 Å². The van der Waals surface area contributed by atoms with Crippen LogP contribution in [0.25, 0.3) is 0 Å². The van der Waals surface area contributed by atoms with Gasteiger partial charge in [0.2, 0.25) is 5.91 Å². The average Bonchev–Trinajstić information content (AvgIpc) is 2.41. The first kappa shape index (κ1) is 12.8. The molecule has 19 heavy (non-hydrogen) atoms. The standard InChI is InChI=1S/C14H15N3O2/c15-12-8-11(6-7-13(12)18)16-9-14(19)17-10-4-2-1-3-5-10/h1-8,16,18H,9,15H2,(H,17,19). The highest BCUT2D eigenvalue weighted by Gasteiger charge is 2.03. The predicted octanol–water partition coefficient (Wildman–Crippen LogP) is 2.02. The second kappa shape index (κ2) is 5.77. The highest BCUT2D eigenvalue weighted by molar-refractivity contribution is 5.93. The summed E-state index contributed by atoms with van der Waals surface area (Å²) in [4.78, 5) is 11.7. The Balaban J connectivity index is 1.88. The van der Waals surface area contributed by atoms with E-state index >= 15 is 0 Å². The summed E-state index contributed by atoms with van der Waals surface area (Å²) in [7, 11) is 0. The van der Waals surface area contributed by atoms with Crippen molar-refractivity contribution in [1.82, 2.24) is 0 Å². The molecule has 0 bridgehead atoms. The molecule has 0 fully saturated rings. The van der Waals surface area contributed by atoms with Crippen molar-refractivity contribution in [3.63, 3.8) is 0 Å². The summed E-state index contributed by atoms with van der Waals surface area (Å²) in [6, 6.07) is 13.9. The van der Waals surface area contributed by atoms with Crippen molar-refractivity contribution in [2.45, 2.75) is 0 Å². The van der Waals surface area contributed by atoms with Crippen molar-refractivity contribution in [2.24, 2.45) is 0 Å². The Morgan fingerprint density at radius 1 is 1.11 bits per heavy atom. The third-order valence-electron chi connectivity index (χ3n) is 2.54. The number of para-hydroxylation sites is 1. The van der Waals surface area contributed by atoms with Crippen molar-refractivity contribution in [3.05, 3.63) is 48.5 Å². The van der Waals surface area contributed by atoms with Crippen LogP contribution in [-0.4, -0.2) is 17.6 Å². The average molecular weight is 257 g/mol. The Morgan fingerprint density at radius 3 is 2.53 bits per heavy atom. The highest BCUT2D eigenvalue weighted by Crippen LogP contribution is 2.23. The molecule has 5 N–H and O–H groups in total. The van der Waals surface area contributed by atoms with Crippen molar-refractivity contribution >= 4 is 23.0 Å². The normalized spacial score (nSPS) is 9.89. The maximum absolute atomic E-state index is 11.7. The number of carbonyl (C=O) groups is 1. The molecule has 0 heterocycles. The van der Waals surface area contributed by atoms with E-state index in [4.69, 9.17) is 5.73 Å². The van der Waals surface area contributed by atoms with E-state index in [1.165, 1.54) is 6.07 Å². The molecular formula is C14H15N3O2. The first-order valence-corrected chi connectivity index (χ1v) is 5.82. The fourth-order valence-electron chi connectivity index (χ4n) is 1.57. The minimum atomic E-state index is -0.155. The molecular weight excluding hydrogens is 242 g/mol. The maximum Gasteiger partial charge on any atom is 0.243 e. The molecule has 0 saturated heterocycles. The van der Waals surface area contributed by atoms with Crippen LogP contribution in [0.15, 0.2) is 48.5 Å². The Labute approximate surface area is 111 Å². The quantitative estimate of drug-likeness (QED) is 0.383. The molecule has 0 atom stereocenters. The molecule has 2 rings (SSSR count). The zero-order valence-corrected chi connectivity index (χ0v) is 10.3. The molecule has 2 aromatic carbocycles. The number of amides is 1. The van der Waals surface area contributed by atoms with Crippen LogP contribution in [0, 0.1) is 0 Å². The summed E-state index contributed by atoms with van der Waals surface area (Å²) >= 11 is 0. The van der Waals surface area contributed by atoms with Gasteiger partial charge in [-0.1, -0.05) is 18.2 Å². The van der Waals surface area contributed by atoms with E-state index < -0.39 is 0 Å². The van der Waals surface area contributed by atoms with Crippen LogP contribution in [0.3, 0.4) is 0 Å². The van der Waals surface area contributed by atoms with Crippen LogP contribution in [0.4, 0.5) is 17.1 Å². The largest absolute Gasteiger partial charge is 0.506 e. The molecule has 5 heteroatoms. The van der Waals surface area contributed by atoms with Gasteiger partial charge in [0.1, 0.15) is 5.75 Å². The van der Waals surface area contributed by atoms with Gasteiger partial charge in [0.15, 0.2) is 0 Å². The molecule has 5 nitrogen and oxygen atoms in total. The number of hydrogen-bond donors (Lipinski definition) is 4. The monoisotopic (exact) mass is 257 g/mol. The van der Waals surface area contributed by atoms with E-state index in [2.05, 4.69) is 10.6 Å². The molecule has 0 aromatic heterocycles. The zero-order chi connectivity index (χ0) is 13.7. The number of anilines is 3. The first-order valence-electron chi connectivity index (χ1n) is 5.82. The number of phenols is 1. The minimum Gasteiger partial charge on any atom is -0.506 e. The molecule has 98 valence electrons. The SMILES string of the molecule is Nc1cc(NCC(=O)Nc2ccccc2)ccc1O. The lowest BCUT2D eigenvalue weighted by Gasteiger charge is -2.08. The number of nitrogens with two attached hydrogens (primary N) is 1. The predicted molar refractivity (Wildman–Crippen MR) is 76.1 cm³/mol. The molecule has 0 spiro atoms. The van der Waals surface area contributed by atoms with Gasteiger partial charge < -0.3 is 21.5 Å². The number of benzene rings is 2. The summed E-state index contributed by atoms with van der Waals surface area (Å²) in [6.45, 7) is 0.124. The van der Waals surface area contributed by atoms with Gasteiger partial charge in [0.05, 0.1) is 12.2 Å². The topological polar surface area (TPSA) is 87.4 Å². The molecule has 0 unspecified atom stereocenters. The third kappa shape index (κ3) is 3.64. The van der Waals surface area contributed by atoms with Gasteiger partial charge in [0.25, 0.3) is 0 Å². The van der Waals surface area contributed by atoms with E-state index in [1.54, 1.807) is 12.1 Å². The Bertz CT molecular complexity index is 570. The smallest absolute Gasteiger partial charge is 0.243 e. The van der Waals surface area contributed by atoms with Gasteiger partial charge in [-0.2, -0.15) is 0 Å². The zero-order valence-electron chi connectivity index (χ0n) is 10.3. The number of nitrogens with one attached hydrogen (secondary N) is 2. The summed E-state index contributed by atoms with van der Waals surface area (Å²) in [5, 5.41) is 15.0. The van der Waals surface area contributed by atoms with E-state index in [0.717, 1.165) is 5.69 Å². The third-order valence-corrected chi connectivity index (χ3v) is 2.54. The second-order valence-electron chi connectivity index (χ2n) is 4.04. The van der Waals surface area contributed by atoms with Gasteiger partial charge in [0, 0.05) is 11.4 Å². The van der Waals surface area contributed by atoms with Crippen molar-refractivity contribution in [2.75, 3.05) is 22.9 Å². The number of rotatable bonds is 4. The second-order valence-corrected chi connectivity index (χ2v) is 4.04. The van der Waals surface area contributed by atoms with Crippen LogP contribution in [0.2, 0.25) is 0 Å². The van der Waals surface area contributed by atoms with Gasteiger partial charge in [-0.05, 0) is 30.3 Å². The molecule has 0 radical (unpaired) electrons. The van der Waals surface area contributed by atoms with E-state index in [1.807, 2.05) is 30.3 Å². The first-order chi connectivity index (χ1) is 9.15. The van der Waals surface area contributed by atoms with Crippen molar-refractivity contribution < 1.29 is 9.90 Å². The van der Waals surface area contributed by atoms with Crippen LogP contribution >= 0.6 is 0 Å². The molecule has 0 aliphatic rings. The van der Waals surface area contributed by atoms with Crippen LogP contribution in [-0.2, 0) is 4.79 Å². The van der Waals surface area contributed by atoms with Crippen LogP contribution in [0.1, 0.15) is 0 Å². The summed E-state index contributed by atoms with van der Waals surface area (Å²) in [5.74, 6) is -0.128. The number of nitrogen functional groups attached to an aromatic ring is 1. The number of phenolic OH excluding ortho intramolecular Hbond substituents is 1. The Kier molecular flexibility index (Phi) is 3.87. The molecule has 0 aliphatic carbocycles. The lowest BCUT2D eigenvalue weighted by molar-refractivity contribution is -0.114. The summed E-state index contributed by atoms with van der Waals surface area (Å²) in [6.07, 6.45) is 0. The minimum absolute atomic E-state index is 0.0271. The Hall–Kier alpha value is -2.69. The van der Waals surface area contributed by atoms with Crippen LogP contribution < -0.4 is 16.4 Å². The number of carbonyl (C=O) groups excluding carboxylic acids is 1. The lowest BCUT2D eigenvalue weighted by Crippen LogP contribution is -2.21. The van der Waals surface area contributed by atoms with E-state index in [-0.39, 0.29) is 23.9 Å². The fourth-order valence-corrected chi connectivity index (χ4v) is 1.57. The summed E-state index contributed by atoms with van der Waals surface area (Å²) in [5.41, 5.74) is 7.26. The fraction of sp³-hybridized carbons (Fsp3) is 0.0714. The molecule has 2 aromatic rings. The summed E-state index contributed by atoms with van der Waals surface area (Å²) < 4.78 is 0. The molecule has 1 amide bonds.